The van der Waals surface area contributed by atoms with Crippen LogP contribution in [0.3, 0.4) is 0 Å². The molecular formula is C16H19N5O. The normalized spacial score (nSPS) is 27.1. The lowest BCUT2D eigenvalue weighted by Crippen LogP contribution is -2.33. The van der Waals surface area contributed by atoms with Crippen molar-refractivity contribution in [2.75, 3.05) is 13.1 Å². The molecule has 2 aromatic heterocycles. The maximum absolute atomic E-state index is 12.6. The van der Waals surface area contributed by atoms with Gasteiger partial charge in [-0.3, -0.25) is 9.36 Å². The minimum atomic E-state index is 0.0614. The third kappa shape index (κ3) is 2.20. The van der Waals surface area contributed by atoms with E-state index >= 15 is 0 Å². The van der Waals surface area contributed by atoms with Gasteiger partial charge in [-0.2, -0.15) is 0 Å². The number of hydrogen-bond acceptors (Lipinski definition) is 4. The fourth-order valence-corrected chi connectivity index (χ4v) is 3.72. The molecule has 0 bridgehead atoms. The van der Waals surface area contributed by atoms with Crippen LogP contribution in [0.15, 0.2) is 37.1 Å². The van der Waals surface area contributed by atoms with Crippen LogP contribution in [-0.2, 0) is 0 Å². The summed E-state index contributed by atoms with van der Waals surface area (Å²) < 4.78 is 1.81. The molecule has 1 aliphatic carbocycles. The monoisotopic (exact) mass is 297 g/mol. The summed E-state index contributed by atoms with van der Waals surface area (Å²) in [7, 11) is 0. The largest absolute Gasteiger partial charge is 0.338 e. The van der Waals surface area contributed by atoms with Crippen molar-refractivity contribution in [3.05, 3.63) is 42.6 Å². The quantitative estimate of drug-likeness (QED) is 0.899. The van der Waals surface area contributed by atoms with Crippen molar-refractivity contribution in [2.24, 2.45) is 17.6 Å². The van der Waals surface area contributed by atoms with Crippen LogP contribution in [0.25, 0.3) is 5.82 Å². The Morgan fingerprint density at radius 2 is 2.18 bits per heavy atom. The zero-order chi connectivity index (χ0) is 15.1. The predicted octanol–water partition coefficient (Wildman–Crippen LogP) is 1.08. The van der Waals surface area contributed by atoms with E-state index in [0.717, 1.165) is 31.7 Å². The lowest BCUT2D eigenvalue weighted by Gasteiger charge is -2.18. The van der Waals surface area contributed by atoms with Crippen molar-refractivity contribution in [3.8, 4) is 5.82 Å². The molecule has 22 heavy (non-hydrogen) atoms. The van der Waals surface area contributed by atoms with Crippen LogP contribution >= 0.6 is 0 Å². The Labute approximate surface area is 129 Å². The highest BCUT2D eigenvalue weighted by atomic mass is 16.2. The molecule has 2 N–H and O–H groups in total. The minimum absolute atomic E-state index is 0.0614. The second kappa shape index (κ2) is 5.21. The average Bonchev–Trinajstić information content (AvgIpc) is 3.26. The molecule has 2 fully saturated rings. The topological polar surface area (TPSA) is 77.0 Å². The van der Waals surface area contributed by atoms with Crippen molar-refractivity contribution in [1.29, 1.82) is 0 Å². The van der Waals surface area contributed by atoms with Crippen molar-refractivity contribution in [1.82, 2.24) is 19.4 Å². The Hall–Kier alpha value is -2.21. The number of likely N-dealkylation sites (tertiary alicyclic amines) is 1. The van der Waals surface area contributed by atoms with E-state index < -0.39 is 0 Å². The summed E-state index contributed by atoms with van der Waals surface area (Å²) in [5.74, 6) is 1.87. The van der Waals surface area contributed by atoms with Crippen LogP contribution in [0.2, 0.25) is 0 Å². The van der Waals surface area contributed by atoms with Crippen molar-refractivity contribution in [3.63, 3.8) is 0 Å². The molecule has 1 aliphatic heterocycles. The number of carbonyl (C=O) groups is 1. The van der Waals surface area contributed by atoms with E-state index in [2.05, 4.69) is 9.97 Å². The van der Waals surface area contributed by atoms with Crippen LogP contribution in [0, 0.1) is 11.8 Å². The summed E-state index contributed by atoms with van der Waals surface area (Å²) in [4.78, 5) is 22.9. The second-order valence-electron chi connectivity index (χ2n) is 6.25. The maximum atomic E-state index is 12.6. The number of fused-ring (bicyclic) bond motifs is 1. The number of rotatable bonds is 2. The van der Waals surface area contributed by atoms with Crippen LogP contribution in [0.4, 0.5) is 0 Å². The highest BCUT2D eigenvalue weighted by molar-refractivity contribution is 5.94. The number of nitrogens with two attached hydrogens (primary N) is 1. The van der Waals surface area contributed by atoms with E-state index in [1.807, 2.05) is 27.8 Å². The molecule has 1 saturated heterocycles. The highest BCUT2D eigenvalue weighted by Crippen LogP contribution is 2.37. The van der Waals surface area contributed by atoms with Crippen molar-refractivity contribution >= 4 is 5.91 Å². The summed E-state index contributed by atoms with van der Waals surface area (Å²) in [5, 5.41) is 0. The molecule has 114 valence electrons. The fraction of sp³-hybridized carbons (Fsp3) is 0.438. The highest BCUT2D eigenvalue weighted by Gasteiger charge is 2.42. The van der Waals surface area contributed by atoms with Crippen molar-refractivity contribution < 1.29 is 4.79 Å². The average molecular weight is 297 g/mol. The number of imidazole rings is 1. The number of aromatic nitrogens is 3. The zero-order valence-corrected chi connectivity index (χ0v) is 12.3. The summed E-state index contributed by atoms with van der Waals surface area (Å²) in [6.45, 7) is 1.62. The molecule has 0 spiro atoms. The third-order valence-electron chi connectivity index (χ3n) is 4.96. The molecule has 1 amide bonds. The van der Waals surface area contributed by atoms with Gasteiger partial charge < -0.3 is 10.6 Å². The lowest BCUT2D eigenvalue weighted by molar-refractivity contribution is 0.0779. The molecule has 0 radical (unpaired) electrons. The number of amides is 1. The summed E-state index contributed by atoms with van der Waals surface area (Å²) in [6, 6.07) is 3.93. The molecule has 3 atom stereocenters. The molecule has 6 heteroatoms. The lowest BCUT2D eigenvalue weighted by atomic mass is 9.98. The Morgan fingerprint density at radius 3 is 2.86 bits per heavy atom. The van der Waals surface area contributed by atoms with Crippen molar-refractivity contribution in [2.45, 2.75) is 18.9 Å². The van der Waals surface area contributed by atoms with E-state index in [9.17, 15) is 4.79 Å². The first-order chi connectivity index (χ1) is 10.7. The minimum Gasteiger partial charge on any atom is -0.338 e. The molecule has 6 nitrogen and oxygen atoms in total. The van der Waals surface area contributed by atoms with Crippen LogP contribution < -0.4 is 5.73 Å². The van der Waals surface area contributed by atoms with Crippen LogP contribution in [0.5, 0.6) is 0 Å². The van der Waals surface area contributed by atoms with Crippen LogP contribution in [0.1, 0.15) is 23.2 Å². The van der Waals surface area contributed by atoms with E-state index in [-0.39, 0.29) is 11.9 Å². The smallest absolute Gasteiger partial charge is 0.255 e. The molecule has 2 aromatic rings. The van der Waals surface area contributed by atoms with Gasteiger partial charge in [-0.25, -0.2) is 9.97 Å². The summed E-state index contributed by atoms with van der Waals surface area (Å²) >= 11 is 0. The maximum Gasteiger partial charge on any atom is 0.255 e. The first-order valence-corrected chi connectivity index (χ1v) is 7.71. The summed E-state index contributed by atoms with van der Waals surface area (Å²) in [5.41, 5.74) is 6.77. The molecule has 1 saturated carbocycles. The Kier molecular flexibility index (Phi) is 3.18. The fourth-order valence-electron chi connectivity index (χ4n) is 3.72. The Bertz CT molecular complexity index is 666. The molecule has 3 heterocycles. The van der Waals surface area contributed by atoms with Gasteiger partial charge in [0.05, 0.1) is 5.56 Å². The van der Waals surface area contributed by atoms with Crippen LogP contribution in [-0.4, -0.2) is 44.5 Å². The van der Waals surface area contributed by atoms with E-state index in [0.29, 0.717) is 17.4 Å². The number of pyridine rings is 1. The summed E-state index contributed by atoms with van der Waals surface area (Å²) in [6.07, 6.45) is 9.10. The molecule has 4 rings (SSSR count). The number of nitrogens with zero attached hydrogens (tertiary/aromatic N) is 4. The van der Waals surface area contributed by atoms with Gasteiger partial charge in [-0.05, 0) is 36.8 Å². The van der Waals surface area contributed by atoms with Gasteiger partial charge in [0.25, 0.3) is 5.91 Å². The SMILES string of the molecule is NC1CCC2CN(C(=O)c3ccc(-n4ccnc4)nc3)CC12. The standard InChI is InChI=1S/C16H19N5O/c17-14-3-1-12-8-21(9-13(12)14)16(22)11-2-4-15(19-7-11)20-6-5-18-10-20/h2,4-7,10,12-14H,1,3,8-9,17H2. The Balaban J connectivity index is 1.49. The molecule has 2 aliphatic rings. The third-order valence-corrected chi connectivity index (χ3v) is 4.96. The molecule has 3 unspecified atom stereocenters. The molecule has 0 aromatic carbocycles. The molecular weight excluding hydrogens is 278 g/mol. The van der Waals surface area contributed by atoms with Gasteiger partial charge >= 0.3 is 0 Å². The van der Waals surface area contributed by atoms with Gasteiger partial charge in [0.15, 0.2) is 0 Å². The number of carbonyl (C=O) groups excluding carboxylic acids is 1. The van der Waals surface area contributed by atoms with Gasteiger partial charge in [0.1, 0.15) is 12.1 Å². The second-order valence-corrected chi connectivity index (χ2v) is 6.25. The van der Waals surface area contributed by atoms with E-state index in [4.69, 9.17) is 5.73 Å². The Morgan fingerprint density at radius 1 is 1.27 bits per heavy atom. The van der Waals surface area contributed by atoms with Gasteiger partial charge in [-0.15, -0.1) is 0 Å². The van der Waals surface area contributed by atoms with Gasteiger partial charge in [0.2, 0.25) is 0 Å². The first-order valence-electron chi connectivity index (χ1n) is 7.71. The predicted molar refractivity (Wildman–Crippen MR) is 81.5 cm³/mol. The van der Waals surface area contributed by atoms with E-state index in [1.165, 1.54) is 0 Å². The number of hydrogen-bond donors (Lipinski definition) is 1. The van der Waals surface area contributed by atoms with Gasteiger partial charge in [-0.1, -0.05) is 0 Å². The first kappa shape index (κ1) is 13.5. The zero-order valence-electron chi connectivity index (χ0n) is 12.3. The van der Waals surface area contributed by atoms with Gasteiger partial charge in [0, 0.05) is 37.7 Å². The van der Waals surface area contributed by atoms with E-state index in [1.54, 1.807) is 18.7 Å².